The first-order valence-corrected chi connectivity index (χ1v) is 10.1. The third-order valence-electron chi connectivity index (χ3n) is 3.12. The van der Waals surface area contributed by atoms with Gasteiger partial charge >= 0.3 is 0 Å². The average molecular weight is 407 g/mol. The molecule has 134 valence electrons. The lowest BCUT2D eigenvalue weighted by molar-refractivity contribution is -0.113. The van der Waals surface area contributed by atoms with E-state index in [-0.39, 0.29) is 17.6 Å². The summed E-state index contributed by atoms with van der Waals surface area (Å²) in [7, 11) is 0. The maximum absolute atomic E-state index is 12.3. The molecule has 0 atom stereocenters. The third-order valence-corrected chi connectivity index (χ3v) is 5.84. The zero-order chi connectivity index (χ0) is 18.5. The molecule has 0 saturated carbocycles. The predicted molar refractivity (Wildman–Crippen MR) is 103 cm³/mol. The monoisotopic (exact) mass is 406 g/mol. The number of aromatic nitrogens is 4. The highest BCUT2D eigenvalue weighted by atomic mass is 32.2. The molecule has 3 aromatic rings. The lowest BCUT2D eigenvalue weighted by Gasteiger charge is -2.03. The fourth-order valence-corrected chi connectivity index (χ4v) is 4.10. The highest BCUT2D eigenvalue weighted by Gasteiger charge is 2.13. The van der Waals surface area contributed by atoms with E-state index in [1.165, 1.54) is 34.4 Å². The van der Waals surface area contributed by atoms with Crippen LogP contribution >= 0.6 is 34.4 Å². The van der Waals surface area contributed by atoms with Gasteiger partial charge < -0.3 is 0 Å². The van der Waals surface area contributed by atoms with Gasteiger partial charge in [0.05, 0.1) is 5.75 Å². The summed E-state index contributed by atoms with van der Waals surface area (Å²) in [5, 5.41) is 22.6. The van der Waals surface area contributed by atoms with Crippen molar-refractivity contribution in [3.05, 3.63) is 40.4 Å². The Morgan fingerprint density at radius 2 is 1.73 bits per heavy atom. The van der Waals surface area contributed by atoms with E-state index < -0.39 is 0 Å². The summed E-state index contributed by atoms with van der Waals surface area (Å²) in [4.78, 5) is 24.2. The summed E-state index contributed by atoms with van der Waals surface area (Å²) in [6.07, 6.45) is 0. The third kappa shape index (κ3) is 4.84. The first kappa shape index (κ1) is 18.4. The summed E-state index contributed by atoms with van der Waals surface area (Å²) < 4.78 is 0.591. The Bertz CT molecular complexity index is 939. The lowest BCUT2D eigenvalue weighted by Crippen LogP contribution is -2.13. The molecule has 0 saturated heterocycles. The smallest absolute Gasteiger partial charge is 0.257 e. The van der Waals surface area contributed by atoms with Crippen molar-refractivity contribution in [3.8, 4) is 0 Å². The summed E-state index contributed by atoms with van der Waals surface area (Å²) >= 11 is 3.77. The number of carbonyl (C=O) groups is 2. The van der Waals surface area contributed by atoms with E-state index in [1.807, 2.05) is 26.0 Å². The van der Waals surface area contributed by atoms with E-state index in [2.05, 4.69) is 31.0 Å². The second-order valence-electron chi connectivity index (χ2n) is 5.11. The van der Waals surface area contributed by atoms with E-state index in [0.717, 1.165) is 10.6 Å². The van der Waals surface area contributed by atoms with Crippen LogP contribution in [0, 0.1) is 13.8 Å². The normalized spacial score (nSPS) is 10.5. The van der Waals surface area contributed by atoms with Crippen LogP contribution in [0.4, 0.5) is 10.3 Å². The molecule has 0 unspecified atom stereocenters. The second kappa shape index (κ2) is 8.34. The summed E-state index contributed by atoms with van der Waals surface area (Å²) in [6.45, 7) is 3.68. The van der Waals surface area contributed by atoms with Crippen molar-refractivity contribution < 1.29 is 9.59 Å². The maximum Gasteiger partial charge on any atom is 0.257 e. The number of nitrogens with zero attached hydrogens (tertiary/aromatic N) is 4. The first-order chi connectivity index (χ1) is 12.5. The van der Waals surface area contributed by atoms with Crippen LogP contribution in [0.3, 0.4) is 0 Å². The number of rotatable bonds is 6. The lowest BCUT2D eigenvalue weighted by atomic mass is 10.1. The van der Waals surface area contributed by atoms with Gasteiger partial charge in [0, 0.05) is 5.56 Å². The molecule has 0 aliphatic carbocycles. The van der Waals surface area contributed by atoms with Gasteiger partial charge in [-0.3, -0.25) is 20.2 Å². The number of benzene rings is 1. The van der Waals surface area contributed by atoms with Gasteiger partial charge in [-0.15, -0.1) is 20.4 Å². The Hall–Kier alpha value is -2.37. The summed E-state index contributed by atoms with van der Waals surface area (Å²) in [5.74, 6) is -0.272. The molecule has 1 aromatic carbocycles. The molecule has 26 heavy (non-hydrogen) atoms. The molecular formula is C15H14N6O2S3. The second-order valence-corrected chi connectivity index (χ2v) is 8.49. The van der Waals surface area contributed by atoms with Crippen molar-refractivity contribution in [2.75, 3.05) is 16.4 Å². The largest absolute Gasteiger partial charge is 0.300 e. The molecule has 0 radical (unpaired) electrons. The van der Waals surface area contributed by atoms with E-state index >= 15 is 0 Å². The highest BCUT2D eigenvalue weighted by Crippen LogP contribution is 2.26. The minimum atomic E-state index is -0.236. The minimum absolute atomic E-state index is 0.166. The Labute approximate surface area is 161 Å². The summed E-state index contributed by atoms with van der Waals surface area (Å²) in [6, 6.07) is 7.30. The number of nitrogens with one attached hydrogen (secondary N) is 2. The Kier molecular flexibility index (Phi) is 5.91. The van der Waals surface area contributed by atoms with E-state index in [9.17, 15) is 9.59 Å². The molecule has 0 fully saturated rings. The molecule has 0 aliphatic heterocycles. The van der Waals surface area contributed by atoms with E-state index in [4.69, 9.17) is 0 Å². The highest BCUT2D eigenvalue weighted by molar-refractivity contribution is 8.01. The van der Waals surface area contributed by atoms with Crippen LogP contribution in [0.1, 0.15) is 20.9 Å². The number of anilines is 2. The van der Waals surface area contributed by atoms with E-state index in [0.29, 0.717) is 20.2 Å². The van der Waals surface area contributed by atoms with Crippen molar-refractivity contribution in [2.45, 2.75) is 18.2 Å². The van der Waals surface area contributed by atoms with Gasteiger partial charge in [-0.1, -0.05) is 52.6 Å². The Balaban J connectivity index is 1.52. The van der Waals surface area contributed by atoms with Gasteiger partial charge in [0.25, 0.3) is 5.91 Å². The number of thioether (sulfide) groups is 1. The minimum Gasteiger partial charge on any atom is -0.300 e. The molecule has 2 heterocycles. The quantitative estimate of drug-likeness (QED) is 0.478. The van der Waals surface area contributed by atoms with Gasteiger partial charge in [0.1, 0.15) is 5.01 Å². The standard InChI is InChI=1S/C15H14N6O2S3/c1-8-5-3-4-6-10(8)12(23)17-14-20-21-15(26-14)24-7-11(22)16-13-19-18-9(2)25-13/h3-6H,7H2,1-2H3,(H,16,19,22)(H,17,20,23). The molecule has 0 aliphatic rings. The van der Waals surface area contributed by atoms with Crippen LogP contribution < -0.4 is 10.6 Å². The van der Waals surface area contributed by atoms with Gasteiger partial charge in [-0.05, 0) is 25.5 Å². The molecule has 3 rings (SSSR count). The fourth-order valence-electron chi connectivity index (χ4n) is 1.94. The number of amides is 2. The topological polar surface area (TPSA) is 110 Å². The van der Waals surface area contributed by atoms with Crippen molar-refractivity contribution >= 4 is 56.5 Å². The van der Waals surface area contributed by atoms with Crippen LogP contribution in [-0.4, -0.2) is 38.0 Å². The number of hydrogen-bond acceptors (Lipinski definition) is 9. The fraction of sp³-hybridized carbons (Fsp3) is 0.200. The van der Waals surface area contributed by atoms with Crippen LogP contribution in [0.15, 0.2) is 28.6 Å². The van der Waals surface area contributed by atoms with Gasteiger partial charge in [0.2, 0.25) is 16.2 Å². The predicted octanol–water partition coefficient (Wildman–Crippen LogP) is 2.99. The zero-order valence-electron chi connectivity index (χ0n) is 13.8. The molecule has 2 amide bonds. The molecule has 8 nitrogen and oxygen atoms in total. The molecule has 0 bridgehead atoms. The molecule has 11 heteroatoms. The molecule has 2 N–H and O–H groups in total. The van der Waals surface area contributed by atoms with Gasteiger partial charge in [-0.25, -0.2) is 0 Å². The van der Waals surface area contributed by atoms with Crippen molar-refractivity contribution in [1.29, 1.82) is 0 Å². The zero-order valence-corrected chi connectivity index (χ0v) is 16.3. The van der Waals surface area contributed by atoms with Crippen molar-refractivity contribution in [2.24, 2.45) is 0 Å². The van der Waals surface area contributed by atoms with Crippen molar-refractivity contribution in [3.63, 3.8) is 0 Å². The molecule has 0 spiro atoms. The van der Waals surface area contributed by atoms with Gasteiger partial charge in [0.15, 0.2) is 4.34 Å². The number of hydrogen-bond donors (Lipinski definition) is 2. The van der Waals surface area contributed by atoms with Crippen LogP contribution in [0.2, 0.25) is 0 Å². The van der Waals surface area contributed by atoms with Crippen LogP contribution in [-0.2, 0) is 4.79 Å². The van der Waals surface area contributed by atoms with Crippen molar-refractivity contribution in [1.82, 2.24) is 20.4 Å². The average Bonchev–Trinajstić information content (AvgIpc) is 3.22. The summed E-state index contributed by atoms with van der Waals surface area (Å²) in [5.41, 5.74) is 1.47. The van der Waals surface area contributed by atoms with Crippen LogP contribution in [0.25, 0.3) is 0 Å². The number of aryl methyl sites for hydroxylation is 2. The van der Waals surface area contributed by atoms with Gasteiger partial charge in [-0.2, -0.15) is 0 Å². The Morgan fingerprint density at radius 3 is 2.46 bits per heavy atom. The van der Waals surface area contributed by atoms with Crippen LogP contribution in [0.5, 0.6) is 0 Å². The number of carbonyl (C=O) groups excluding carboxylic acids is 2. The first-order valence-electron chi connectivity index (χ1n) is 7.44. The SMILES string of the molecule is Cc1nnc(NC(=O)CSc2nnc(NC(=O)c3ccccc3C)s2)s1. The Morgan fingerprint density at radius 1 is 1.00 bits per heavy atom. The van der Waals surface area contributed by atoms with E-state index in [1.54, 1.807) is 12.1 Å². The maximum atomic E-state index is 12.3. The molecular weight excluding hydrogens is 392 g/mol. The molecule has 2 aromatic heterocycles.